The molecule has 0 aliphatic heterocycles. The fourth-order valence-electron chi connectivity index (χ4n) is 4.01. The summed E-state index contributed by atoms with van der Waals surface area (Å²) in [6.45, 7) is 1.70. The van der Waals surface area contributed by atoms with Gasteiger partial charge in [0, 0.05) is 6.42 Å². The number of carbonyl (C=O) groups is 3. The zero-order valence-corrected chi connectivity index (χ0v) is 16.8. The maximum atomic E-state index is 13.5. The van der Waals surface area contributed by atoms with Gasteiger partial charge in [-0.1, -0.05) is 91.9 Å². The highest BCUT2D eigenvalue weighted by atomic mass is 16.2. The van der Waals surface area contributed by atoms with Crippen LogP contribution in [0.25, 0.3) is 21.5 Å². The first-order valence-corrected chi connectivity index (χ1v) is 10.1. The molecule has 0 aliphatic carbocycles. The average molecular weight is 394 g/mol. The summed E-state index contributed by atoms with van der Waals surface area (Å²) < 4.78 is 0. The molecule has 148 valence electrons. The zero-order chi connectivity index (χ0) is 21.1. The molecule has 3 heteroatoms. The number of hydrogen-bond donors (Lipinski definition) is 0. The van der Waals surface area contributed by atoms with Crippen molar-refractivity contribution >= 4 is 38.9 Å². The largest absolute Gasteiger partial charge is 0.299 e. The zero-order valence-electron chi connectivity index (χ0n) is 16.8. The minimum Gasteiger partial charge on any atom is -0.299 e. The van der Waals surface area contributed by atoms with E-state index in [4.69, 9.17) is 0 Å². The van der Waals surface area contributed by atoms with E-state index in [2.05, 4.69) is 0 Å². The molecule has 0 saturated heterocycles. The number of rotatable bonds is 7. The molecular formula is C27H22O3. The first kappa shape index (κ1) is 19.7. The second-order valence-corrected chi connectivity index (χ2v) is 7.43. The summed E-state index contributed by atoms with van der Waals surface area (Å²) >= 11 is 0. The van der Waals surface area contributed by atoms with Crippen molar-refractivity contribution in [3.63, 3.8) is 0 Å². The predicted molar refractivity (Wildman–Crippen MR) is 120 cm³/mol. The summed E-state index contributed by atoms with van der Waals surface area (Å²) in [7, 11) is 0. The minimum absolute atomic E-state index is 0.220. The van der Waals surface area contributed by atoms with Gasteiger partial charge in [-0.05, 0) is 32.7 Å². The fraction of sp³-hybridized carbons (Fsp3) is 0.148. The molecule has 0 N–H and O–H groups in total. The number of Topliss-reactive ketones (excluding diaryl/α,β-unsaturated/α-hetero) is 3. The van der Waals surface area contributed by atoms with Gasteiger partial charge in [0.15, 0.2) is 0 Å². The SMILES string of the molecule is CCC(=O)CC(=O)C(=O)C(c1cccc2ccccc12)c1cccc2ccccc12. The van der Waals surface area contributed by atoms with Crippen LogP contribution in [0.15, 0.2) is 84.9 Å². The Kier molecular flexibility index (Phi) is 5.53. The molecule has 0 heterocycles. The van der Waals surface area contributed by atoms with Gasteiger partial charge in [0.1, 0.15) is 5.78 Å². The summed E-state index contributed by atoms with van der Waals surface area (Å²) in [5.41, 5.74) is 1.57. The Bertz CT molecular complexity index is 1180. The number of ketones is 3. The van der Waals surface area contributed by atoms with E-state index in [-0.39, 0.29) is 18.6 Å². The Balaban J connectivity index is 1.94. The van der Waals surface area contributed by atoms with Crippen LogP contribution in [0.3, 0.4) is 0 Å². The quantitative estimate of drug-likeness (QED) is 0.301. The van der Waals surface area contributed by atoms with Gasteiger partial charge in [-0.15, -0.1) is 0 Å². The lowest BCUT2D eigenvalue weighted by atomic mass is 9.81. The smallest absolute Gasteiger partial charge is 0.210 e. The van der Waals surface area contributed by atoms with Gasteiger partial charge in [-0.3, -0.25) is 14.4 Å². The highest BCUT2D eigenvalue weighted by Gasteiger charge is 2.31. The van der Waals surface area contributed by atoms with E-state index in [9.17, 15) is 14.4 Å². The first-order valence-electron chi connectivity index (χ1n) is 10.1. The first-order chi connectivity index (χ1) is 14.6. The van der Waals surface area contributed by atoms with Crippen LogP contribution in [-0.2, 0) is 14.4 Å². The van der Waals surface area contributed by atoms with Gasteiger partial charge in [0.05, 0.1) is 12.3 Å². The normalized spacial score (nSPS) is 11.1. The molecule has 4 aromatic rings. The van der Waals surface area contributed by atoms with E-state index in [0.717, 1.165) is 32.7 Å². The molecular weight excluding hydrogens is 372 g/mol. The molecule has 0 aliphatic rings. The summed E-state index contributed by atoms with van der Waals surface area (Å²) in [5.74, 6) is -2.15. The molecule has 0 spiro atoms. The summed E-state index contributed by atoms with van der Waals surface area (Å²) in [6.07, 6.45) is -0.104. The van der Waals surface area contributed by atoms with Crippen LogP contribution in [0.1, 0.15) is 36.8 Å². The summed E-state index contributed by atoms with van der Waals surface area (Å²) in [4.78, 5) is 38.2. The molecule has 4 aromatic carbocycles. The van der Waals surface area contributed by atoms with Gasteiger partial charge in [-0.25, -0.2) is 0 Å². The van der Waals surface area contributed by atoms with E-state index < -0.39 is 17.5 Å². The molecule has 0 saturated carbocycles. The highest BCUT2D eigenvalue weighted by Crippen LogP contribution is 2.35. The van der Waals surface area contributed by atoms with Gasteiger partial charge in [0.2, 0.25) is 11.6 Å². The number of benzene rings is 4. The third-order valence-electron chi connectivity index (χ3n) is 5.56. The van der Waals surface area contributed by atoms with E-state index in [1.54, 1.807) is 6.92 Å². The maximum absolute atomic E-state index is 13.5. The number of hydrogen-bond acceptors (Lipinski definition) is 3. The molecule has 0 amide bonds. The molecule has 0 bridgehead atoms. The van der Waals surface area contributed by atoms with E-state index in [0.29, 0.717) is 0 Å². The lowest BCUT2D eigenvalue weighted by molar-refractivity contribution is -0.139. The third kappa shape index (κ3) is 3.67. The molecule has 4 rings (SSSR count). The third-order valence-corrected chi connectivity index (χ3v) is 5.56. The molecule has 0 fully saturated rings. The Morgan fingerprint density at radius 3 is 1.63 bits per heavy atom. The van der Waals surface area contributed by atoms with E-state index in [1.165, 1.54) is 0 Å². The molecule has 0 atom stereocenters. The lowest BCUT2D eigenvalue weighted by Crippen LogP contribution is -2.25. The van der Waals surface area contributed by atoms with Gasteiger partial charge in [-0.2, -0.15) is 0 Å². The van der Waals surface area contributed by atoms with Crippen molar-refractivity contribution in [1.82, 2.24) is 0 Å². The van der Waals surface area contributed by atoms with Gasteiger partial charge >= 0.3 is 0 Å². The van der Waals surface area contributed by atoms with Gasteiger partial charge in [0.25, 0.3) is 0 Å². The van der Waals surface area contributed by atoms with Crippen molar-refractivity contribution in [2.75, 3.05) is 0 Å². The molecule has 30 heavy (non-hydrogen) atoms. The van der Waals surface area contributed by atoms with Crippen LogP contribution >= 0.6 is 0 Å². The van der Waals surface area contributed by atoms with Crippen LogP contribution in [0.4, 0.5) is 0 Å². The van der Waals surface area contributed by atoms with Crippen molar-refractivity contribution in [3.8, 4) is 0 Å². The van der Waals surface area contributed by atoms with Crippen molar-refractivity contribution in [2.45, 2.75) is 25.7 Å². The summed E-state index contributed by atoms with van der Waals surface area (Å²) in [6, 6.07) is 27.3. The topological polar surface area (TPSA) is 51.2 Å². The van der Waals surface area contributed by atoms with Crippen molar-refractivity contribution in [1.29, 1.82) is 0 Å². The van der Waals surface area contributed by atoms with Crippen LogP contribution in [-0.4, -0.2) is 17.3 Å². The molecule has 0 aromatic heterocycles. The van der Waals surface area contributed by atoms with Crippen molar-refractivity contribution in [2.24, 2.45) is 0 Å². The highest BCUT2D eigenvalue weighted by molar-refractivity contribution is 6.43. The predicted octanol–water partition coefficient (Wildman–Crippen LogP) is 5.63. The number of fused-ring (bicyclic) bond motifs is 2. The molecule has 0 radical (unpaired) electrons. The van der Waals surface area contributed by atoms with Crippen LogP contribution in [0, 0.1) is 0 Å². The Morgan fingerprint density at radius 1 is 0.667 bits per heavy atom. The second-order valence-electron chi connectivity index (χ2n) is 7.43. The molecule has 0 unspecified atom stereocenters. The van der Waals surface area contributed by atoms with E-state index >= 15 is 0 Å². The van der Waals surface area contributed by atoms with Crippen LogP contribution in [0.5, 0.6) is 0 Å². The minimum atomic E-state index is -0.764. The Morgan fingerprint density at radius 2 is 1.13 bits per heavy atom. The number of carbonyl (C=O) groups excluding carboxylic acids is 3. The van der Waals surface area contributed by atoms with Crippen molar-refractivity contribution in [3.05, 3.63) is 96.1 Å². The molecule has 3 nitrogen and oxygen atoms in total. The Labute approximate surface area is 175 Å². The maximum Gasteiger partial charge on any atom is 0.210 e. The standard InChI is InChI=1S/C27H22O3/c1-2-20(28)17-25(29)27(30)26(23-15-7-11-18-9-3-5-13-21(18)23)24-16-8-12-19-10-4-6-14-22(19)24/h3-16,26H,2,17H2,1H3. The fourth-order valence-corrected chi connectivity index (χ4v) is 4.01. The second kappa shape index (κ2) is 8.42. The van der Waals surface area contributed by atoms with Crippen LogP contribution < -0.4 is 0 Å². The van der Waals surface area contributed by atoms with Gasteiger partial charge < -0.3 is 0 Å². The average Bonchev–Trinajstić information content (AvgIpc) is 2.79. The Hall–Kier alpha value is -3.59. The van der Waals surface area contributed by atoms with Crippen molar-refractivity contribution < 1.29 is 14.4 Å². The van der Waals surface area contributed by atoms with E-state index in [1.807, 2.05) is 84.9 Å². The lowest BCUT2D eigenvalue weighted by Gasteiger charge is -2.20. The monoisotopic (exact) mass is 394 g/mol. The van der Waals surface area contributed by atoms with Crippen LogP contribution in [0.2, 0.25) is 0 Å². The summed E-state index contributed by atoms with van der Waals surface area (Å²) in [5, 5.41) is 3.87.